The molecule has 0 aliphatic heterocycles. The number of carbonyl (C=O) groups excluding carboxylic acids is 2. The van der Waals surface area contributed by atoms with Crippen LogP contribution in [-0.4, -0.2) is 27.9 Å². The van der Waals surface area contributed by atoms with Gasteiger partial charge in [-0.15, -0.1) is 11.3 Å². The zero-order valence-electron chi connectivity index (χ0n) is 15.5. The minimum atomic E-state index is -0.568. The SMILES string of the molecule is Cc1sc2ncn(CC(=O)OCCCC(=O)c3ccc(F)cc3)c(=O)c2c1C. The van der Waals surface area contributed by atoms with Crippen LogP contribution in [0.5, 0.6) is 0 Å². The number of nitrogens with zero attached hydrogens (tertiary/aromatic N) is 2. The van der Waals surface area contributed by atoms with Gasteiger partial charge in [0.2, 0.25) is 0 Å². The first-order valence-electron chi connectivity index (χ1n) is 8.76. The molecule has 0 fully saturated rings. The van der Waals surface area contributed by atoms with Crippen molar-refractivity contribution < 1.29 is 18.7 Å². The Kier molecular flexibility index (Phi) is 5.99. The molecular formula is C20H19FN2O4S. The van der Waals surface area contributed by atoms with Crippen LogP contribution < -0.4 is 5.56 Å². The van der Waals surface area contributed by atoms with Crippen LogP contribution in [0.1, 0.15) is 33.6 Å². The van der Waals surface area contributed by atoms with Crippen LogP contribution in [0, 0.1) is 19.7 Å². The molecule has 0 spiro atoms. The standard InChI is InChI=1S/C20H19FN2O4S/c1-12-13(2)28-19-18(12)20(26)23(11-22-19)10-17(25)27-9-3-4-16(24)14-5-7-15(21)8-6-14/h5-8,11H,3-4,9-10H2,1-2H3. The Balaban J connectivity index is 1.52. The minimum absolute atomic E-state index is 0.0623. The van der Waals surface area contributed by atoms with Crippen LogP contribution in [-0.2, 0) is 16.1 Å². The second kappa shape index (κ2) is 8.43. The molecule has 2 heterocycles. The highest BCUT2D eigenvalue weighted by Gasteiger charge is 2.14. The highest BCUT2D eigenvalue weighted by atomic mass is 32.1. The summed E-state index contributed by atoms with van der Waals surface area (Å²) >= 11 is 1.45. The van der Waals surface area contributed by atoms with Gasteiger partial charge in [0.15, 0.2) is 5.78 Å². The number of fused-ring (bicyclic) bond motifs is 1. The number of hydrogen-bond acceptors (Lipinski definition) is 6. The monoisotopic (exact) mass is 402 g/mol. The molecule has 0 unspecified atom stereocenters. The summed E-state index contributed by atoms with van der Waals surface area (Å²) in [5.74, 6) is -1.12. The van der Waals surface area contributed by atoms with Crippen LogP contribution in [0.3, 0.4) is 0 Å². The van der Waals surface area contributed by atoms with E-state index in [0.29, 0.717) is 22.2 Å². The number of thiophene rings is 1. The smallest absolute Gasteiger partial charge is 0.326 e. The van der Waals surface area contributed by atoms with Gasteiger partial charge in [0.1, 0.15) is 17.2 Å². The first kappa shape index (κ1) is 19.9. The molecule has 146 valence electrons. The maximum atomic E-state index is 12.9. The number of carbonyl (C=O) groups is 2. The van der Waals surface area contributed by atoms with Gasteiger partial charge in [0, 0.05) is 16.9 Å². The first-order valence-corrected chi connectivity index (χ1v) is 9.58. The molecule has 3 rings (SSSR count). The van der Waals surface area contributed by atoms with E-state index in [1.165, 1.54) is 46.5 Å². The van der Waals surface area contributed by atoms with Crippen molar-refractivity contribution in [3.63, 3.8) is 0 Å². The van der Waals surface area contributed by atoms with Crippen LogP contribution in [0.4, 0.5) is 4.39 Å². The third kappa shape index (κ3) is 4.33. The molecule has 0 saturated carbocycles. The summed E-state index contributed by atoms with van der Waals surface area (Å²) in [6, 6.07) is 5.31. The molecule has 0 aliphatic carbocycles. The van der Waals surface area contributed by atoms with Gasteiger partial charge < -0.3 is 4.74 Å². The van der Waals surface area contributed by atoms with Crippen LogP contribution in [0.2, 0.25) is 0 Å². The molecule has 0 radical (unpaired) electrons. The van der Waals surface area contributed by atoms with E-state index in [2.05, 4.69) is 4.98 Å². The van der Waals surface area contributed by atoms with Crippen molar-refractivity contribution >= 4 is 33.3 Å². The fourth-order valence-electron chi connectivity index (χ4n) is 2.77. The van der Waals surface area contributed by atoms with Crippen molar-refractivity contribution in [1.82, 2.24) is 9.55 Å². The molecule has 0 atom stereocenters. The molecule has 1 aromatic carbocycles. The molecule has 0 bridgehead atoms. The van der Waals surface area contributed by atoms with Crippen molar-refractivity contribution in [3.8, 4) is 0 Å². The zero-order valence-corrected chi connectivity index (χ0v) is 16.3. The van der Waals surface area contributed by atoms with Gasteiger partial charge in [0.05, 0.1) is 18.3 Å². The molecule has 8 heteroatoms. The summed E-state index contributed by atoms with van der Waals surface area (Å²) in [5.41, 5.74) is 1.02. The number of esters is 1. The zero-order chi connectivity index (χ0) is 20.3. The quantitative estimate of drug-likeness (QED) is 0.344. The van der Waals surface area contributed by atoms with Gasteiger partial charge in [-0.3, -0.25) is 19.0 Å². The summed E-state index contributed by atoms with van der Waals surface area (Å²) in [7, 11) is 0. The van der Waals surface area contributed by atoms with Crippen LogP contribution >= 0.6 is 11.3 Å². The molecule has 0 aliphatic rings. The summed E-state index contributed by atoms with van der Waals surface area (Å²) < 4.78 is 19.2. The number of ether oxygens (including phenoxy) is 1. The number of Topliss-reactive ketones (excluding diaryl/α,β-unsaturated/α-hetero) is 1. The van der Waals surface area contributed by atoms with Crippen molar-refractivity contribution in [3.05, 3.63) is 62.8 Å². The predicted octanol–water partition coefficient (Wildman–Crippen LogP) is 3.42. The lowest BCUT2D eigenvalue weighted by molar-refractivity contribution is -0.144. The van der Waals surface area contributed by atoms with Crippen molar-refractivity contribution in [2.75, 3.05) is 6.61 Å². The molecule has 0 saturated heterocycles. The van der Waals surface area contributed by atoms with E-state index >= 15 is 0 Å². The van der Waals surface area contributed by atoms with Gasteiger partial charge in [-0.05, 0) is 50.1 Å². The normalized spacial score (nSPS) is 11.0. The van der Waals surface area contributed by atoms with Gasteiger partial charge in [0.25, 0.3) is 5.56 Å². The summed E-state index contributed by atoms with van der Waals surface area (Å²) in [6.45, 7) is 3.61. The number of halogens is 1. The highest BCUT2D eigenvalue weighted by Crippen LogP contribution is 2.25. The largest absolute Gasteiger partial charge is 0.464 e. The van der Waals surface area contributed by atoms with Crippen LogP contribution in [0.15, 0.2) is 35.4 Å². The Bertz CT molecular complexity index is 1090. The molecule has 0 N–H and O–H groups in total. The van der Waals surface area contributed by atoms with Crippen molar-refractivity contribution in [1.29, 1.82) is 0 Å². The van der Waals surface area contributed by atoms with Crippen molar-refractivity contribution in [2.24, 2.45) is 0 Å². The second-order valence-electron chi connectivity index (χ2n) is 6.40. The van der Waals surface area contributed by atoms with E-state index in [1.54, 1.807) is 0 Å². The number of hydrogen-bond donors (Lipinski definition) is 0. The fraction of sp³-hybridized carbons (Fsp3) is 0.300. The third-order valence-electron chi connectivity index (χ3n) is 4.43. The molecule has 28 heavy (non-hydrogen) atoms. The van der Waals surface area contributed by atoms with Gasteiger partial charge in [-0.1, -0.05) is 0 Å². The molecule has 6 nitrogen and oxygen atoms in total. The maximum Gasteiger partial charge on any atom is 0.326 e. The van der Waals surface area contributed by atoms with Crippen molar-refractivity contribution in [2.45, 2.75) is 33.2 Å². The highest BCUT2D eigenvalue weighted by molar-refractivity contribution is 7.18. The second-order valence-corrected chi connectivity index (χ2v) is 7.60. The van der Waals surface area contributed by atoms with E-state index in [4.69, 9.17) is 4.74 Å². The Hall–Kier alpha value is -2.87. The number of aryl methyl sites for hydroxylation is 2. The Morgan fingerprint density at radius 2 is 1.93 bits per heavy atom. The van der Waals surface area contributed by atoms with E-state index in [9.17, 15) is 18.8 Å². The average Bonchev–Trinajstić information content (AvgIpc) is 2.96. The van der Waals surface area contributed by atoms with E-state index in [1.807, 2.05) is 13.8 Å². The van der Waals surface area contributed by atoms with Gasteiger partial charge in [-0.25, -0.2) is 9.37 Å². The van der Waals surface area contributed by atoms with Crippen LogP contribution in [0.25, 0.3) is 10.2 Å². The predicted molar refractivity (Wildman–Crippen MR) is 104 cm³/mol. The number of aromatic nitrogens is 2. The average molecular weight is 402 g/mol. The summed E-state index contributed by atoms with van der Waals surface area (Å²) in [5, 5.41) is 0.530. The lowest BCUT2D eigenvalue weighted by Gasteiger charge is -2.07. The molecular weight excluding hydrogens is 383 g/mol. The Labute approximate surface area is 164 Å². The molecule has 0 amide bonds. The summed E-state index contributed by atoms with van der Waals surface area (Å²) in [6.07, 6.45) is 1.87. The lowest BCUT2D eigenvalue weighted by Crippen LogP contribution is -2.26. The summed E-state index contributed by atoms with van der Waals surface area (Å²) in [4.78, 5) is 42.5. The number of rotatable bonds is 7. The third-order valence-corrected chi connectivity index (χ3v) is 5.55. The van der Waals surface area contributed by atoms with E-state index < -0.39 is 11.8 Å². The first-order chi connectivity index (χ1) is 13.4. The number of ketones is 1. The fourth-order valence-corrected chi connectivity index (χ4v) is 3.75. The Morgan fingerprint density at radius 1 is 1.21 bits per heavy atom. The minimum Gasteiger partial charge on any atom is -0.464 e. The number of benzene rings is 1. The van der Waals surface area contributed by atoms with E-state index in [0.717, 1.165) is 10.4 Å². The van der Waals surface area contributed by atoms with Gasteiger partial charge >= 0.3 is 5.97 Å². The van der Waals surface area contributed by atoms with E-state index in [-0.39, 0.29) is 30.9 Å². The molecule has 2 aromatic heterocycles. The maximum absolute atomic E-state index is 12.9. The lowest BCUT2D eigenvalue weighted by atomic mass is 10.1. The molecule has 3 aromatic rings. The Morgan fingerprint density at radius 3 is 2.64 bits per heavy atom. The topological polar surface area (TPSA) is 78.3 Å². The van der Waals surface area contributed by atoms with Gasteiger partial charge in [-0.2, -0.15) is 0 Å².